The van der Waals surface area contributed by atoms with Gasteiger partial charge in [-0.05, 0) is 41.8 Å². The Morgan fingerprint density at radius 3 is 2.46 bits per heavy atom. The van der Waals surface area contributed by atoms with Gasteiger partial charge in [0.2, 0.25) is 15.9 Å². The summed E-state index contributed by atoms with van der Waals surface area (Å²) in [6.45, 7) is 0.0694. The molecule has 0 aromatic heterocycles. The number of halogens is 2. The van der Waals surface area contributed by atoms with E-state index in [1.807, 2.05) is 18.2 Å². The Morgan fingerprint density at radius 2 is 1.85 bits per heavy atom. The quantitative estimate of drug-likeness (QED) is 0.743. The summed E-state index contributed by atoms with van der Waals surface area (Å²) in [4.78, 5) is 12.1. The highest BCUT2D eigenvalue weighted by Crippen LogP contribution is 2.11. The smallest absolute Gasteiger partial charge is 0.235 e. The van der Waals surface area contributed by atoms with E-state index in [4.69, 9.17) is 11.6 Å². The highest BCUT2D eigenvalue weighted by Gasteiger charge is 2.20. The molecular weight excluding hydrogens is 379 g/mol. The second-order valence-corrected chi connectivity index (χ2v) is 8.31. The minimum absolute atomic E-state index is 0.000820. The molecule has 0 aliphatic rings. The Kier molecular flexibility index (Phi) is 7.14. The average molecular weight is 399 g/mol. The first-order valence-corrected chi connectivity index (χ1v) is 10.2. The van der Waals surface area contributed by atoms with E-state index >= 15 is 0 Å². The number of hydrogen-bond donors (Lipinski definition) is 1. The van der Waals surface area contributed by atoms with Crippen molar-refractivity contribution in [3.8, 4) is 0 Å². The van der Waals surface area contributed by atoms with Crippen LogP contribution in [0.25, 0.3) is 0 Å². The normalized spacial score (nSPS) is 11.5. The molecule has 0 unspecified atom stereocenters. The van der Waals surface area contributed by atoms with E-state index in [-0.39, 0.29) is 13.1 Å². The topological polar surface area (TPSA) is 66.5 Å². The van der Waals surface area contributed by atoms with Gasteiger partial charge in [0, 0.05) is 18.1 Å². The van der Waals surface area contributed by atoms with Crippen molar-refractivity contribution < 1.29 is 17.6 Å². The molecule has 0 atom stereocenters. The number of sulfonamides is 1. The summed E-state index contributed by atoms with van der Waals surface area (Å²) in [5.74, 6) is -0.807. The third kappa shape index (κ3) is 6.74. The molecule has 0 aliphatic carbocycles. The Morgan fingerprint density at radius 1 is 1.15 bits per heavy atom. The van der Waals surface area contributed by atoms with Crippen LogP contribution in [-0.4, -0.2) is 38.0 Å². The zero-order valence-electron chi connectivity index (χ0n) is 14.3. The van der Waals surface area contributed by atoms with Crippen molar-refractivity contribution in [2.24, 2.45) is 0 Å². The van der Waals surface area contributed by atoms with Crippen LogP contribution in [0.15, 0.2) is 48.5 Å². The first kappa shape index (κ1) is 20.4. The van der Waals surface area contributed by atoms with Gasteiger partial charge in [-0.3, -0.25) is 4.79 Å². The maximum atomic E-state index is 13.0. The van der Waals surface area contributed by atoms with Gasteiger partial charge in [-0.15, -0.1) is 0 Å². The lowest BCUT2D eigenvalue weighted by atomic mass is 10.1. The van der Waals surface area contributed by atoms with E-state index in [1.165, 1.54) is 24.3 Å². The summed E-state index contributed by atoms with van der Waals surface area (Å²) in [7, 11) is -3.59. The van der Waals surface area contributed by atoms with Gasteiger partial charge < -0.3 is 5.32 Å². The van der Waals surface area contributed by atoms with E-state index in [0.717, 1.165) is 16.1 Å². The number of carbonyl (C=O) groups excluding carboxylic acids is 1. The monoisotopic (exact) mass is 398 g/mol. The number of amides is 1. The molecule has 0 spiro atoms. The number of hydrogen-bond acceptors (Lipinski definition) is 3. The SMILES string of the molecule is CS(=O)(=O)N(CC(=O)NCCc1cccc(Cl)c1)Cc1ccc(F)cc1. The summed E-state index contributed by atoms with van der Waals surface area (Å²) in [5, 5.41) is 3.32. The molecule has 2 aromatic carbocycles. The first-order chi connectivity index (χ1) is 12.2. The van der Waals surface area contributed by atoms with Crippen LogP contribution in [-0.2, 0) is 27.8 Å². The number of benzene rings is 2. The van der Waals surface area contributed by atoms with Gasteiger partial charge in [0.25, 0.3) is 0 Å². The van der Waals surface area contributed by atoms with E-state index in [2.05, 4.69) is 5.32 Å². The second-order valence-electron chi connectivity index (χ2n) is 5.89. The van der Waals surface area contributed by atoms with Gasteiger partial charge in [-0.2, -0.15) is 4.31 Å². The Balaban J connectivity index is 1.90. The molecule has 1 N–H and O–H groups in total. The molecule has 0 saturated heterocycles. The summed E-state index contributed by atoms with van der Waals surface area (Å²) < 4.78 is 37.9. The molecule has 0 aliphatic heterocycles. The lowest BCUT2D eigenvalue weighted by Gasteiger charge is -2.19. The Hall–Kier alpha value is -1.96. The second kappa shape index (κ2) is 9.12. The van der Waals surface area contributed by atoms with Crippen LogP contribution in [0.1, 0.15) is 11.1 Å². The molecule has 8 heteroatoms. The van der Waals surface area contributed by atoms with Crippen LogP contribution in [0.4, 0.5) is 4.39 Å². The van der Waals surface area contributed by atoms with Crippen molar-refractivity contribution in [2.75, 3.05) is 19.3 Å². The van der Waals surface area contributed by atoms with Gasteiger partial charge in [0.05, 0.1) is 12.8 Å². The Labute approximate surface area is 157 Å². The molecule has 5 nitrogen and oxygen atoms in total. The molecule has 140 valence electrons. The van der Waals surface area contributed by atoms with Gasteiger partial charge >= 0.3 is 0 Å². The van der Waals surface area contributed by atoms with Crippen molar-refractivity contribution in [1.29, 1.82) is 0 Å². The fourth-order valence-corrected chi connectivity index (χ4v) is 3.29. The lowest BCUT2D eigenvalue weighted by molar-refractivity contribution is -0.121. The predicted molar refractivity (Wildman–Crippen MR) is 99.8 cm³/mol. The summed E-state index contributed by atoms with van der Waals surface area (Å²) in [6, 6.07) is 12.8. The third-order valence-electron chi connectivity index (χ3n) is 3.69. The Bertz CT molecular complexity index is 857. The van der Waals surface area contributed by atoms with Crippen LogP contribution < -0.4 is 5.32 Å². The van der Waals surface area contributed by atoms with E-state index in [9.17, 15) is 17.6 Å². The minimum Gasteiger partial charge on any atom is -0.355 e. The molecule has 2 aromatic rings. The van der Waals surface area contributed by atoms with E-state index in [1.54, 1.807) is 6.07 Å². The number of rotatable bonds is 8. The molecule has 1 amide bonds. The van der Waals surface area contributed by atoms with Crippen LogP contribution in [0.3, 0.4) is 0 Å². The minimum atomic E-state index is -3.59. The molecule has 0 saturated carbocycles. The van der Waals surface area contributed by atoms with Crippen molar-refractivity contribution >= 4 is 27.5 Å². The fraction of sp³-hybridized carbons (Fsp3) is 0.278. The molecule has 0 fully saturated rings. The van der Waals surface area contributed by atoms with E-state index in [0.29, 0.717) is 23.6 Å². The van der Waals surface area contributed by atoms with Crippen molar-refractivity contribution in [1.82, 2.24) is 9.62 Å². The van der Waals surface area contributed by atoms with Crippen LogP contribution >= 0.6 is 11.6 Å². The predicted octanol–water partition coefficient (Wildman–Crippen LogP) is 2.60. The fourth-order valence-electron chi connectivity index (χ4n) is 2.34. The average Bonchev–Trinajstić information content (AvgIpc) is 2.55. The first-order valence-electron chi connectivity index (χ1n) is 7.95. The van der Waals surface area contributed by atoms with Crippen molar-refractivity contribution in [3.05, 3.63) is 70.5 Å². The van der Waals surface area contributed by atoms with Crippen molar-refractivity contribution in [2.45, 2.75) is 13.0 Å². The van der Waals surface area contributed by atoms with Gasteiger partial charge in [0.15, 0.2) is 0 Å². The van der Waals surface area contributed by atoms with Gasteiger partial charge in [-0.1, -0.05) is 35.9 Å². The van der Waals surface area contributed by atoms with Gasteiger partial charge in [-0.25, -0.2) is 12.8 Å². The molecule has 0 radical (unpaired) electrons. The lowest BCUT2D eigenvalue weighted by Crippen LogP contribution is -2.40. The molecule has 2 rings (SSSR count). The zero-order valence-corrected chi connectivity index (χ0v) is 15.9. The summed E-state index contributed by atoms with van der Waals surface area (Å²) in [6.07, 6.45) is 1.62. The standard InChI is InChI=1S/C18H20ClFN2O3S/c1-26(24,25)22(12-15-5-7-17(20)8-6-15)13-18(23)21-10-9-14-3-2-4-16(19)11-14/h2-8,11H,9-10,12-13H2,1H3,(H,21,23). The molecular formula is C18H20ClFN2O3S. The number of nitrogens with one attached hydrogen (secondary N) is 1. The zero-order chi connectivity index (χ0) is 19.2. The summed E-state index contributed by atoms with van der Waals surface area (Å²) in [5.41, 5.74) is 1.58. The molecule has 0 heterocycles. The van der Waals surface area contributed by atoms with Crippen LogP contribution in [0, 0.1) is 5.82 Å². The maximum Gasteiger partial charge on any atom is 0.235 e. The van der Waals surface area contributed by atoms with Crippen LogP contribution in [0.5, 0.6) is 0 Å². The molecule has 0 bridgehead atoms. The number of nitrogens with zero attached hydrogens (tertiary/aromatic N) is 1. The highest BCUT2D eigenvalue weighted by molar-refractivity contribution is 7.88. The largest absolute Gasteiger partial charge is 0.355 e. The molecule has 26 heavy (non-hydrogen) atoms. The van der Waals surface area contributed by atoms with Crippen molar-refractivity contribution in [3.63, 3.8) is 0 Å². The number of carbonyl (C=O) groups is 1. The third-order valence-corrected chi connectivity index (χ3v) is 5.12. The summed E-state index contributed by atoms with van der Waals surface area (Å²) >= 11 is 5.91. The van der Waals surface area contributed by atoms with Gasteiger partial charge in [0.1, 0.15) is 5.82 Å². The van der Waals surface area contributed by atoms with Crippen LogP contribution in [0.2, 0.25) is 5.02 Å². The van der Waals surface area contributed by atoms with E-state index < -0.39 is 21.7 Å². The highest BCUT2D eigenvalue weighted by atomic mass is 35.5. The maximum absolute atomic E-state index is 13.0.